The normalized spacial score (nSPS) is 16.5. The fourth-order valence-corrected chi connectivity index (χ4v) is 3.41. The second kappa shape index (κ2) is 7.51. The van der Waals surface area contributed by atoms with Gasteiger partial charge in [0.1, 0.15) is 11.6 Å². The van der Waals surface area contributed by atoms with Crippen LogP contribution in [0.5, 0.6) is 5.75 Å². The van der Waals surface area contributed by atoms with Crippen molar-refractivity contribution in [2.75, 3.05) is 7.11 Å². The second-order valence-electron chi connectivity index (χ2n) is 6.22. The zero-order chi connectivity index (χ0) is 16.9. The summed E-state index contributed by atoms with van der Waals surface area (Å²) in [6, 6.07) is 6.26. The fraction of sp³-hybridized carbons (Fsp3) is 0.474. The monoisotopic (exact) mass is 327 g/mol. The van der Waals surface area contributed by atoms with Crippen LogP contribution in [-0.2, 0) is 24.2 Å². The zero-order valence-corrected chi connectivity index (χ0v) is 14.4. The van der Waals surface area contributed by atoms with E-state index in [1.807, 2.05) is 12.3 Å². The van der Waals surface area contributed by atoms with Gasteiger partial charge in [-0.25, -0.2) is 4.98 Å². The van der Waals surface area contributed by atoms with Gasteiger partial charge in [0.2, 0.25) is 5.91 Å². The topological polar surface area (TPSA) is 56.2 Å². The number of amides is 1. The first-order valence-corrected chi connectivity index (χ1v) is 8.67. The largest absolute Gasteiger partial charge is 0.497 e. The molecule has 1 unspecified atom stereocenters. The van der Waals surface area contributed by atoms with Gasteiger partial charge in [-0.15, -0.1) is 0 Å². The summed E-state index contributed by atoms with van der Waals surface area (Å²) < 4.78 is 7.36. The number of nitrogens with zero attached hydrogens (tertiary/aromatic N) is 2. The van der Waals surface area contributed by atoms with Crippen molar-refractivity contribution < 1.29 is 9.53 Å². The van der Waals surface area contributed by atoms with Crippen molar-refractivity contribution in [3.05, 3.63) is 47.5 Å². The summed E-state index contributed by atoms with van der Waals surface area (Å²) in [6.45, 7) is 2.75. The van der Waals surface area contributed by atoms with Crippen LogP contribution in [0.1, 0.15) is 49.2 Å². The van der Waals surface area contributed by atoms with Crippen molar-refractivity contribution in [3.63, 3.8) is 0 Å². The van der Waals surface area contributed by atoms with Gasteiger partial charge in [-0.05, 0) is 42.5 Å². The van der Waals surface area contributed by atoms with Crippen molar-refractivity contribution in [2.45, 2.75) is 51.6 Å². The van der Waals surface area contributed by atoms with Gasteiger partial charge in [0.05, 0.1) is 13.2 Å². The number of fused-ring (bicyclic) bond motifs is 1. The molecule has 0 saturated heterocycles. The van der Waals surface area contributed by atoms with Gasteiger partial charge in [0.25, 0.3) is 0 Å². The summed E-state index contributed by atoms with van der Waals surface area (Å²) in [4.78, 5) is 16.7. The number of aryl methyl sites for hydroxylation is 3. The van der Waals surface area contributed by atoms with E-state index in [9.17, 15) is 4.79 Å². The van der Waals surface area contributed by atoms with E-state index in [1.165, 1.54) is 11.1 Å². The quantitative estimate of drug-likeness (QED) is 0.887. The molecule has 1 aliphatic carbocycles. The maximum atomic E-state index is 12.4. The van der Waals surface area contributed by atoms with Crippen molar-refractivity contribution in [2.24, 2.45) is 0 Å². The van der Waals surface area contributed by atoms with Gasteiger partial charge in [-0.1, -0.05) is 13.0 Å². The molecule has 5 nitrogen and oxygen atoms in total. The lowest BCUT2D eigenvalue weighted by molar-refractivity contribution is -0.122. The average molecular weight is 327 g/mol. The molecule has 128 valence electrons. The summed E-state index contributed by atoms with van der Waals surface area (Å²) >= 11 is 0. The third-order valence-corrected chi connectivity index (χ3v) is 4.70. The summed E-state index contributed by atoms with van der Waals surface area (Å²) in [6.07, 6.45) is 8.23. The molecule has 0 fully saturated rings. The van der Waals surface area contributed by atoms with E-state index in [4.69, 9.17) is 4.74 Å². The molecule has 1 aromatic carbocycles. The van der Waals surface area contributed by atoms with Crippen LogP contribution >= 0.6 is 0 Å². The summed E-state index contributed by atoms with van der Waals surface area (Å²) in [5, 5.41) is 3.20. The number of methoxy groups -OCH3 is 1. The van der Waals surface area contributed by atoms with Crippen molar-refractivity contribution in [3.8, 4) is 5.75 Å². The highest BCUT2D eigenvalue weighted by Crippen LogP contribution is 2.32. The number of hydrogen-bond acceptors (Lipinski definition) is 3. The number of benzene rings is 1. The van der Waals surface area contributed by atoms with Gasteiger partial charge in [0.15, 0.2) is 0 Å². The molecular weight excluding hydrogens is 302 g/mol. The molecule has 1 aromatic heterocycles. The van der Waals surface area contributed by atoms with Crippen LogP contribution in [0, 0.1) is 0 Å². The van der Waals surface area contributed by atoms with Crippen LogP contribution in [0.4, 0.5) is 0 Å². The van der Waals surface area contributed by atoms with Crippen molar-refractivity contribution in [1.29, 1.82) is 0 Å². The number of nitrogens with one attached hydrogen (secondary N) is 1. The predicted octanol–water partition coefficient (Wildman–Crippen LogP) is 3.04. The minimum atomic E-state index is 0.0967. The van der Waals surface area contributed by atoms with E-state index in [1.54, 1.807) is 13.3 Å². The Morgan fingerprint density at radius 3 is 3.12 bits per heavy atom. The smallest absolute Gasteiger partial charge is 0.222 e. The summed E-state index contributed by atoms with van der Waals surface area (Å²) in [5.74, 6) is 2.00. The Hall–Kier alpha value is -2.30. The Labute approximate surface area is 143 Å². The van der Waals surface area contributed by atoms with Gasteiger partial charge < -0.3 is 14.6 Å². The number of hydrogen-bond donors (Lipinski definition) is 1. The number of carbonyl (C=O) groups is 1. The van der Waals surface area contributed by atoms with Gasteiger partial charge in [-0.3, -0.25) is 4.79 Å². The molecule has 0 radical (unpaired) electrons. The summed E-state index contributed by atoms with van der Waals surface area (Å²) in [5.41, 5.74) is 2.51. The molecule has 0 aliphatic heterocycles. The van der Waals surface area contributed by atoms with E-state index >= 15 is 0 Å². The lowest BCUT2D eigenvalue weighted by atomic mass is 9.87. The number of aromatic nitrogens is 2. The van der Waals surface area contributed by atoms with Gasteiger partial charge in [-0.2, -0.15) is 0 Å². The standard InChI is InChI=1S/C19H25N3O2/c1-3-18-20-10-12-22(18)11-9-19(23)21-17-6-4-5-14-13-15(24-2)7-8-16(14)17/h7-8,10,12-13,17H,3-6,9,11H2,1-2H3,(H,21,23). The van der Waals surface area contributed by atoms with Crippen LogP contribution in [-0.4, -0.2) is 22.6 Å². The van der Waals surface area contributed by atoms with Crippen LogP contribution in [0.3, 0.4) is 0 Å². The molecule has 0 saturated carbocycles. The fourth-order valence-electron chi connectivity index (χ4n) is 3.41. The van der Waals surface area contributed by atoms with E-state index < -0.39 is 0 Å². The molecule has 24 heavy (non-hydrogen) atoms. The van der Waals surface area contributed by atoms with Crippen molar-refractivity contribution in [1.82, 2.24) is 14.9 Å². The average Bonchev–Trinajstić information content (AvgIpc) is 3.07. The second-order valence-corrected chi connectivity index (χ2v) is 6.22. The first-order valence-electron chi connectivity index (χ1n) is 8.67. The lowest BCUT2D eigenvalue weighted by Crippen LogP contribution is -2.31. The van der Waals surface area contributed by atoms with Crippen LogP contribution < -0.4 is 10.1 Å². The Morgan fingerprint density at radius 2 is 2.33 bits per heavy atom. The minimum Gasteiger partial charge on any atom is -0.497 e. The van der Waals surface area contributed by atoms with E-state index in [-0.39, 0.29) is 11.9 Å². The predicted molar refractivity (Wildman–Crippen MR) is 93.0 cm³/mol. The Kier molecular flexibility index (Phi) is 5.18. The van der Waals surface area contributed by atoms with Crippen LogP contribution in [0.2, 0.25) is 0 Å². The highest BCUT2D eigenvalue weighted by atomic mass is 16.5. The molecule has 1 amide bonds. The lowest BCUT2D eigenvalue weighted by Gasteiger charge is -2.27. The minimum absolute atomic E-state index is 0.0967. The molecule has 1 N–H and O–H groups in total. The number of ether oxygens (including phenoxy) is 1. The van der Waals surface area contributed by atoms with E-state index in [2.05, 4.69) is 33.9 Å². The molecular formula is C19H25N3O2. The molecule has 3 rings (SSSR count). The van der Waals surface area contributed by atoms with E-state index in [0.717, 1.165) is 37.3 Å². The highest BCUT2D eigenvalue weighted by Gasteiger charge is 2.22. The Balaban J connectivity index is 1.61. The van der Waals surface area contributed by atoms with Crippen LogP contribution in [0.25, 0.3) is 0 Å². The van der Waals surface area contributed by atoms with Gasteiger partial charge in [0, 0.05) is 31.8 Å². The number of rotatable bonds is 6. The van der Waals surface area contributed by atoms with Crippen molar-refractivity contribution >= 4 is 5.91 Å². The third-order valence-electron chi connectivity index (χ3n) is 4.70. The molecule has 2 aromatic rings. The molecule has 1 atom stereocenters. The zero-order valence-electron chi connectivity index (χ0n) is 14.4. The number of carbonyl (C=O) groups excluding carboxylic acids is 1. The molecule has 1 heterocycles. The summed E-state index contributed by atoms with van der Waals surface area (Å²) in [7, 11) is 1.68. The first kappa shape index (κ1) is 16.6. The maximum Gasteiger partial charge on any atom is 0.222 e. The maximum absolute atomic E-state index is 12.4. The molecule has 0 spiro atoms. The molecule has 5 heteroatoms. The highest BCUT2D eigenvalue weighted by molar-refractivity contribution is 5.76. The van der Waals surface area contributed by atoms with Gasteiger partial charge >= 0.3 is 0 Å². The van der Waals surface area contributed by atoms with Crippen LogP contribution in [0.15, 0.2) is 30.6 Å². The Morgan fingerprint density at radius 1 is 1.46 bits per heavy atom. The SMILES string of the molecule is CCc1nccn1CCC(=O)NC1CCCc2cc(OC)ccc21. The van der Waals surface area contributed by atoms with E-state index in [0.29, 0.717) is 13.0 Å². The molecule has 1 aliphatic rings. The third kappa shape index (κ3) is 3.61. The molecule has 0 bridgehead atoms. The Bertz CT molecular complexity index is 708. The first-order chi connectivity index (χ1) is 11.7. The number of imidazole rings is 1.